The number of hydrogen-bond donors (Lipinski definition) is 0. The summed E-state index contributed by atoms with van der Waals surface area (Å²) in [4.78, 5) is 1.51. The van der Waals surface area contributed by atoms with E-state index in [4.69, 9.17) is 4.74 Å². The van der Waals surface area contributed by atoms with Crippen LogP contribution in [0.4, 0.5) is 0 Å². The van der Waals surface area contributed by atoms with Crippen molar-refractivity contribution < 1.29 is 4.74 Å². The van der Waals surface area contributed by atoms with E-state index in [1.807, 2.05) is 38.1 Å². The highest BCUT2D eigenvalue weighted by atomic mass is 16.5. The Kier molecular flexibility index (Phi) is 2.85. The van der Waals surface area contributed by atoms with Crippen molar-refractivity contribution in [2.45, 2.75) is 19.8 Å². The van der Waals surface area contributed by atoms with Crippen LogP contribution in [-0.4, -0.2) is 27.3 Å². The molecule has 0 bridgehead atoms. The lowest BCUT2D eigenvalue weighted by molar-refractivity contribution is 0.414. The predicted molar refractivity (Wildman–Crippen MR) is 59.8 cm³/mol. The van der Waals surface area contributed by atoms with Gasteiger partial charge in [-0.05, 0) is 17.3 Å². The molecule has 0 saturated heterocycles. The van der Waals surface area contributed by atoms with Gasteiger partial charge in [0.1, 0.15) is 5.75 Å². The fourth-order valence-electron chi connectivity index (χ4n) is 1.30. The van der Waals surface area contributed by atoms with Gasteiger partial charge < -0.3 is 4.74 Å². The van der Waals surface area contributed by atoms with Crippen LogP contribution in [-0.2, 0) is 0 Å². The molecule has 2 aromatic rings. The van der Waals surface area contributed by atoms with E-state index in [1.165, 1.54) is 4.80 Å². The second-order valence-corrected chi connectivity index (χ2v) is 3.79. The molecule has 0 fully saturated rings. The highest BCUT2D eigenvalue weighted by Crippen LogP contribution is 2.15. The number of aromatic nitrogens is 4. The van der Waals surface area contributed by atoms with Crippen LogP contribution in [0.25, 0.3) is 5.69 Å². The maximum absolute atomic E-state index is 5.14. The number of hydrogen-bond acceptors (Lipinski definition) is 4. The summed E-state index contributed by atoms with van der Waals surface area (Å²) in [6.07, 6.45) is 0. The SMILES string of the molecule is COc1cccc(-n2nnc(C(C)C)n2)c1. The molecule has 1 heterocycles. The Bertz CT molecular complexity index is 478. The van der Waals surface area contributed by atoms with Crippen molar-refractivity contribution in [1.82, 2.24) is 20.2 Å². The third kappa shape index (κ3) is 2.03. The Morgan fingerprint density at radius 1 is 1.31 bits per heavy atom. The van der Waals surface area contributed by atoms with Crippen LogP contribution in [0.1, 0.15) is 25.6 Å². The van der Waals surface area contributed by atoms with Gasteiger partial charge in [-0.25, -0.2) is 0 Å². The number of tetrazole rings is 1. The summed E-state index contributed by atoms with van der Waals surface area (Å²) in [6.45, 7) is 4.07. The molecule has 0 radical (unpaired) electrons. The molecule has 84 valence electrons. The maximum Gasteiger partial charge on any atom is 0.177 e. The molecule has 1 aromatic carbocycles. The molecule has 0 aliphatic carbocycles. The van der Waals surface area contributed by atoms with Crippen molar-refractivity contribution in [2.75, 3.05) is 7.11 Å². The van der Waals surface area contributed by atoms with E-state index in [1.54, 1.807) is 7.11 Å². The molecule has 0 spiro atoms. The molecule has 1 aromatic heterocycles. The zero-order valence-electron chi connectivity index (χ0n) is 9.58. The van der Waals surface area contributed by atoms with Gasteiger partial charge in [-0.2, -0.15) is 0 Å². The zero-order valence-corrected chi connectivity index (χ0v) is 9.58. The largest absolute Gasteiger partial charge is 0.497 e. The highest BCUT2D eigenvalue weighted by molar-refractivity contribution is 5.37. The molecule has 0 saturated carbocycles. The van der Waals surface area contributed by atoms with Gasteiger partial charge in [-0.1, -0.05) is 19.9 Å². The Morgan fingerprint density at radius 2 is 2.12 bits per heavy atom. The van der Waals surface area contributed by atoms with Crippen molar-refractivity contribution in [2.24, 2.45) is 0 Å². The van der Waals surface area contributed by atoms with Crippen molar-refractivity contribution in [3.63, 3.8) is 0 Å². The monoisotopic (exact) mass is 218 g/mol. The smallest absolute Gasteiger partial charge is 0.177 e. The summed E-state index contributed by atoms with van der Waals surface area (Å²) in [5.74, 6) is 1.79. The molecular formula is C11H14N4O. The summed E-state index contributed by atoms with van der Waals surface area (Å²) in [5.41, 5.74) is 0.846. The summed E-state index contributed by atoms with van der Waals surface area (Å²) < 4.78 is 5.14. The molecule has 5 heteroatoms. The molecule has 0 aliphatic heterocycles. The van der Waals surface area contributed by atoms with Gasteiger partial charge in [-0.3, -0.25) is 0 Å². The van der Waals surface area contributed by atoms with E-state index in [2.05, 4.69) is 15.4 Å². The maximum atomic E-state index is 5.14. The van der Waals surface area contributed by atoms with Gasteiger partial charge >= 0.3 is 0 Å². The second kappa shape index (κ2) is 4.30. The van der Waals surface area contributed by atoms with Crippen LogP contribution < -0.4 is 4.74 Å². The molecule has 16 heavy (non-hydrogen) atoms. The van der Waals surface area contributed by atoms with Crippen molar-refractivity contribution >= 4 is 0 Å². The standard InChI is InChI=1S/C11H14N4O/c1-8(2)11-12-14-15(13-11)9-5-4-6-10(7-9)16-3/h4-8H,1-3H3. The van der Waals surface area contributed by atoms with Crippen LogP contribution in [0.3, 0.4) is 0 Å². The second-order valence-electron chi connectivity index (χ2n) is 3.79. The third-order valence-electron chi connectivity index (χ3n) is 2.23. The first kappa shape index (κ1) is 10.6. The average Bonchev–Trinajstić information content (AvgIpc) is 2.78. The van der Waals surface area contributed by atoms with Gasteiger partial charge in [0, 0.05) is 12.0 Å². The minimum atomic E-state index is 0.277. The summed E-state index contributed by atoms with van der Waals surface area (Å²) in [5, 5.41) is 12.3. The van der Waals surface area contributed by atoms with Crippen LogP contribution in [0.5, 0.6) is 5.75 Å². The van der Waals surface area contributed by atoms with E-state index in [0.717, 1.165) is 17.3 Å². The number of nitrogens with zero attached hydrogens (tertiary/aromatic N) is 4. The van der Waals surface area contributed by atoms with Gasteiger partial charge in [-0.15, -0.1) is 15.0 Å². The minimum Gasteiger partial charge on any atom is -0.497 e. The van der Waals surface area contributed by atoms with Gasteiger partial charge in [0.05, 0.1) is 12.8 Å². The molecule has 2 rings (SSSR count). The number of rotatable bonds is 3. The van der Waals surface area contributed by atoms with Crippen LogP contribution >= 0.6 is 0 Å². The number of ether oxygens (including phenoxy) is 1. The van der Waals surface area contributed by atoms with Crippen LogP contribution in [0.2, 0.25) is 0 Å². The summed E-state index contributed by atoms with van der Waals surface area (Å²) in [7, 11) is 1.63. The lowest BCUT2D eigenvalue weighted by Gasteiger charge is -2.02. The molecular weight excluding hydrogens is 204 g/mol. The average molecular weight is 218 g/mol. The van der Waals surface area contributed by atoms with Gasteiger partial charge in [0.25, 0.3) is 0 Å². The van der Waals surface area contributed by atoms with Crippen molar-refractivity contribution in [3.8, 4) is 11.4 Å². The quantitative estimate of drug-likeness (QED) is 0.788. The normalized spacial score (nSPS) is 10.8. The number of benzene rings is 1. The molecule has 5 nitrogen and oxygen atoms in total. The van der Waals surface area contributed by atoms with E-state index < -0.39 is 0 Å². The van der Waals surface area contributed by atoms with Crippen molar-refractivity contribution in [3.05, 3.63) is 30.1 Å². The Balaban J connectivity index is 2.34. The van der Waals surface area contributed by atoms with E-state index >= 15 is 0 Å². The van der Waals surface area contributed by atoms with Gasteiger partial charge in [0.2, 0.25) is 0 Å². The first-order valence-electron chi connectivity index (χ1n) is 5.15. The van der Waals surface area contributed by atoms with E-state index in [0.29, 0.717) is 0 Å². The lowest BCUT2D eigenvalue weighted by atomic mass is 10.2. The third-order valence-corrected chi connectivity index (χ3v) is 2.23. The molecule has 0 aliphatic rings. The first-order valence-corrected chi connectivity index (χ1v) is 5.15. The minimum absolute atomic E-state index is 0.277. The molecule has 0 atom stereocenters. The summed E-state index contributed by atoms with van der Waals surface area (Å²) in [6, 6.07) is 7.55. The van der Waals surface area contributed by atoms with Crippen molar-refractivity contribution in [1.29, 1.82) is 0 Å². The molecule has 0 N–H and O–H groups in total. The lowest BCUT2D eigenvalue weighted by Crippen LogP contribution is -2.00. The van der Waals surface area contributed by atoms with E-state index in [-0.39, 0.29) is 5.92 Å². The molecule has 0 unspecified atom stereocenters. The Hall–Kier alpha value is -1.91. The Morgan fingerprint density at radius 3 is 2.75 bits per heavy atom. The fraction of sp³-hybridized carbons (Fsp3) is 0.364. The fourth-order valence-corrected chi connectivity index (χ4v) is 1.30. The van der Waals surface area contributed by atoms with Gasteiger partial charge in [0.15, 0.2) is 5.82 Å². The zero-order chi connectivity index (χ0) is 11.5. The van der Waals surface area contributed by atoms with E-state index in [9.17, 15) is 0 Å². The predicted octanol–water partition coefficient (Wildman–Crippen LogP) is 1.79. The van der Waals surface area contributed by atoms with Crippen LogP contribution in [0, 0.1) is 0 Å². The Labute approximate surface area is 94.0 Å². The highest BCUT2D eigenvalue weighted by Gasteiger charge is 2.08. The topological polar surface area (TPSA) is 52.8 Å². The first-order chi connectivity index (χ1) is 7.70. The number of methoxy groups -OCH3 is 1. The van der Waals surface area contributed by atoms with Crippen LogP contribution in [0.15, 0.2) is 24.3 Å². The summed E-state index contributed by atoms with van der Waals surface area (Å²) >= 11 is 0. The molecule has 0 amide bonds.